The van der Waals surface area contributed by atoms with Crippen molar-refractivity contribution in [2.75, 3.05) is 10.6 Å². The summed E-state index contributed by atoms with van der Waals surface area (Å²) in [6, 6.07) is 16.7. The molecule has 29 heavy (non-hydrogen) atoms. The largest absolute Gasteiger partial charge is 0.479 e. The third kappa shape index (κ3) is 3.71. The molecule has 0 fully saturated rings. The van der Waals surface area contributed by atoms with E-state index in [0.717, 1.165) is 11.4 Å². The Balaban J connectivity index is 1.60. The lowest BCUT2D eigenvalue weighted by Gasteiger charge is -2.23. The third-order valence-electron chi connectivity index (χ3n) is 4.73. The molecule has 1 aromatic heterocycles. The van der Waals surface area contributed by atoms with Gasteiger partial charge in [0.05, 0.1) is 11.4 Å². The van der Waals surface area contributed by atoms with Gasteiger partial charge in [0.2, 0.25) is 0 Å². The van der Waals surface area contributed by atoms with Crippen molar-refractivity contribution in [2.45, 2.75) is 32.8 Å². The molecule has 0 radical (unpaired) electrons. The number of nitrogens with zero attached hydrogens (tertiary/aromatic N) is 2. The van der Waals surface area contributed by atoms with E-state index in [9.17, 15) is 9.59 Å². The molecule has 0 saturated carbocycles. The Morgan fingerprint density at radius 2 is 1.93 bits per heavy atom. The summed E-state index contributed by atoms with van der Waals surface area (Å²) < 4.78 is 7.34. The van der Waals surface area contributed by atoms with E-state index in [1.807, 2.05) is 30.3 Å². The molecule has 1 aliphatic rings. The SMILES string of the molecule is CC(C)c1cc(C(=O)Nc2ccc3c(c2)NC(=O)[C@H](C)O3)nn1-c1ccccc1. The molecule has 0 saturated heterocycles. The first-order valence-electron chi connectivity index (χ1n) is 9.50. The molecule has 2 N–H and O–H groups in total. The van der Waals surface area contributed by atoms with Gasteiger partial charge in [-0.25, -0.2) is 4.68 Å². The number of hydrogen-bond donors (Lipinski definition) is 2. The summed E-state index contributed by atoms with van der Waals surface area (Å²) in [6.45, 7) is 5.81. The molecule has 0 aliphatic carbocycles. The Labute approximate surface area is 168 Å². The van der Waals surface area contributed by atoms with Gasteiger partial charge in [-0.1, -0.05) is 32.0 Å². The molecule has 4 rings (SSSR count). The van der Waals surface area contributed by atoms with E-state index in [2.05, 4.69) is 29.6 Å². The molecule has 3 aromatic rings. The summed E-state index contributed by atoms with van der Waals surface area (Å²) in [5.74, 6) is 0.231. The summed E-state index contributed by atoms with van der Waals surface area (Å²) in [7, 11) is 0. The molecule has 1 atom stereocenters. The van der Waals surface area contributed by atoms with Gasteiger partial charge in [0, 0.05) is 11.4 Å². The second-order valence-corrected chi connectivity index (χ2v) is 7.27. The van der Waals surface area contributed by atoms with Crippen molar-refractivity contribution in [2.24, 2.45) is 0 Å². The number of fused-ring (bicyclic) bond motifs is 1. The Hall–Kier alpha value is -3.61. The number of amides is 2. The van der Waals surface area contributed by atoms with Crippen molar-refractivity contribution in [1.29, 1.82) is 0 Å². The fraction of sp³-hybridized carbons (Fsp3) is 0.227. The molecule has 0 spiro atoms. The number of rotatable bonds is 4. The lowest BCUT2D eigenvalue weighted by atomic mass is 10.1. The van der Waals surface area contributed by atoms with Crippen LogP contribution < -0.4 is 15.4 Å². The zero-order valence-electron chi connectivity index (χ0n) is 16.5. The van der Waals surface area contributed by atoms with Gasteiger partial charge in [0.25, 0.3) is 11.8 Å². The number of benzene rings is 2. The second kappa shape index (κ2) is 7.43. The van der Waals surface area contributed by atoms with Crippen LogP contribution in [0, 0.1) is 0 Å². The zero-order valence-corrected chi connectivity index (χ0v) is 16.5. The lowest BCUT2D eigenvalue weighted by Crippen LogP contribution is -2.34. The molecule has 0 bridgehead atoms. The van der Waals surface area contributed by atoms with Gasteiger partial charge in [0.1, 0.15) is 5.75 Å². The number of ether oxygens (including phenoxy) is 1. The number of para-hydroxylation sites is 1. The average molecular weight is 390 g/mol. The summed E-state index contributed by atoms with van der Waals surface area (Å²) in [6.07, 6.45) is -0.542. The minimum atomic E-state index is -0.542. The van der Waals surface area contributed by atoms with Crippen molar-refractivity contribution in [1.82, 2.24) is 9.78 Å². The highest BCUT2D eigenvalue weighted by atomic mass is 16.5. The molecular weight excluding hydrogens is 368 g/mol. The number of carbonyl (C=O) groups excluding carboxylic acids is 2. The van der Waals surface area contributed by atoms with Gasteiger partial charge < -0.3 is 15.4 Å². The van der Waals surface area contributed by atoms with Crippen LogP contribution in [0.5, 0.6) is 5.75 Å². The van der Waals surface area contributed by atoms with E-state index < -0.39 is 6.10 Å². The van der Waals surface area contributed by atoms with E-state index in [1.54, 1.807) is 35.9 Å². The van der Waals surface area contributed by atoms with Crippen LogP contribution in [0.25, 0.3) is 5.69 Å². The van der Waals surface area contributed by atoms with Crippen molar-refractivity contribution in [3.05, 3.63) is 66.0 Å². The van der Waals surface area contributed by atoms with Crippen LogP contribution in [-0.4, -0.2) is 27.7 Å². The Morgan fingerprint density at radius 1 is 1.17 bits per heavy atom. The predicted molar refractivity (Wildman–Crippen MR) is 111 cm³/mol. The van der Waals surface area contributed by atoms with E-state index in [0.29, 0.717) is 22.8 Å². The summed E-state index contributed by atoms with van der Waals surface area (Å²) in [4.78, 5) is 24.6. The molecule has 2 amide bonds. The molecule has 148 valence electrons. The highest BCUT2D eigenvalue weighted by Gasteiger charge is 2.24. The highest BCUT2D eigenvalue weighted by molar-refractivity contribution is 6.04. The number of nitrogens with one attached hydrogen (secondary N) is 2. The van der Waals surface area contributed by atoms with Crippen LogP contribution in [0.2, 0.25) is 0 Å². The Kier molecular flexibility index (Phi) is 4.80. The van der Waals surface area contributed by atoms with E-state index in [-0.39, 0.29) is 17.7 Å². The first-order chi connectivity index (χ1) is 13.9. The third-order valence-corrected chi connectivity index (χ3v) is 4.73. The second-order valence-electron chi connectivity index (χ2n) is 7.27. The fourth-order valence-corrected chi connectivity index (χ4v) is 3.18. The number of carbonyl (C=O) groups is 2. The predicted octanol–water partition coefficient (Wildman–Crippen LogP) is 3.97. The molecule has 2 aromatic carbocycles. The molecular formula is C22H22N4O3. The minimum absolute atomic E-state index is 0.197. The van der Waals surface area contributed by atoms with Gasteiger partial charge in [-0.2, -0.15) is 5.10 Å². The number of hydrogen-bond acceptors (Lipinski definition) is 4. The first kappa shape index (κ1) is 18.7. The topological polar surface area (TPSA) is 85.2 Å². The average Bonchev–Trinajstić information content (AvgIpc) is 3.16. The van der Waals surface area contributed by atoms with Crippen LogP contribution in [-0.2, 0) is 4.79 Å². The molecule has 0 unspecified atom stereocenters. The van der Waals surface area contributed by atoms with Gasteiger partial charge in [-0.05, 0) is 49.2 Å². The van der Waals surface area contributed by atoms with Crippen molar-refractivity contribution < 1.29 is 14.3 Å². The van der Waals surface area contributed by atoms with E-state index >= 15 is 0 Å². The van der Waals surface area contributed by atoms with Crippen molar-refractivity contribution in [3.63, 3.8) is 0 Å². The smallest absolute Gasteiger partial charge is 0.276 e. The monoisotopic (exact) mass is 390 g/mol. The highest BCUT2D eigenvalue weighted by Crippen LogP contribution is 2.32. The van der Waals surface area contributed by atoms with Crippen LogP contribution in [0.1, 0.15) is 42.9 Å². The Morgan fingerprint density at radius 3 is 2.66 bits per heavy atom. The quantitative estimate of drug-likeness (QED) is 0.706. The normalized spacial score (nSPS) is 15.4. The maximum atomic E-state index is 12.8. The fourth-order valence-electron chi connectivity index (χ4n) is 3.18. The maximum absolute atomic E-state index is 12.8. The van der Waals surface area contributed by atoms with Gasteiger partial charge in [-0.3, -0.25) is 9.59 Å². The standard InChI is InChI=1S/C22H22N4O3/c1-13(2)19-12-18(25-26(19)16-7-5-4-6-8-16)22(28)23-15-9-10-20-17(11-15)24-21(27)14(3)29-20/h4-14H,1-3H3,(H,23,28)(H,24,27)/t14-/m0/s1. The molecule has 7 nitrogen and oxygen atoms in total. The summed E-state index contributed by atoms with van der Waals surface area (Å²) in [5.41, 5.74) is 3.25. The minimum Gasteiger partial charge on any atom is -0.479 e. The first-order valence-corrected chi connectivity index (χ1v) is 9.50. The van der Waals surface area contributed by atoms with Crippen molar-refractivity contribution >= 4 is 23.2 Å². The van der Waals surface area contributed by atoms with Gasteiger partial charge >= 0.3 is 0 Å². The molecule has 1 aliphatic heterocycles. The number of anilines is 2. The summed E-state index contributed by atoms with van der Waals surface area (Å²) >= 11 is 0. The van der Waals surface area contributed by atoms with Gasteiger partial charge in [-0.15, -0.1) is 0 Å². The molecule has 7 heteroatoms. The number of aromatic nitrogens is 2. The van der Waals surface area contributed by atoms with Gasteiger partial charge in [0.15, 0.2) is 11.8 Å². The summed E-state index contributed by atoms with van der Waals surface area (Å²) in [5, 5.41) is 10.1. The van der Waals surface area contributed by atoms with E-state index in [4.69, 9.17) is 4.74 Å². The van der Waals surface area contributed by atoms with Crippen LogP contribution in [0.4, 0.5) is 11.4 Å². The lowest BCUT2D eigenvalue weighted by molar-refractivity contribution is -0.122. The maximum Gasteiger partial charge on any atom is 0.276 e. The molecule has 2 heterocycles. The van der Waals surface area contributed by atoms with Crippen LogP contribution >= 0.6 is 0 Å². The van der Waals surface area contributed by atoms with Crippen molar-refractivity contribution in [3.8, 4) is 11.4 Å². The van der Waals surface area contributed by atoms with Crippen LogP contribution in [0.3, 0.4) is 0 Å². The Bertz CT molecular complexity index is 1070. The zero-order chi connectivity index (χ0) is 20.5. The van der Waals surface area contributed by atoms with Crippen LogP contribution in [0.15, 0.2) is 54.6 Å². The van der Waals surface area contributed by atoms with E-state index in [1.165, 1.54) is 0 Å².